The van der Waals surface area contributed by atoms with Crippen LogP contribution >= 0.6 is 35.6 Å². The molecule has 0 amide bonds. The molecule has 2 nitrogen and oxygen atoms in total. The predicted molar refractivity (Wildman–Crippen MR) is 64.2 cm³/mol. The van der Waals surface area contributed by atoms with E-state index in [1.165, 1.54) is 6.20 Å². The van der Waals surface area contributed by atoms with Crippen molar-refractivity contribution in [1.29, 1.82) is 0 Å². The Morgan fingerprint density at radius 1 is 1.27 bits per heavy atom. The quantitative estimate of drug-likeness (QED) is 0.734. The third-order valence-electron chi connectivity index (χ3n) is 1.92. The van der Waals surface area contributed by atoms with Gasteiger partial charge in [-0.1, -0.05) is 29.8 Å². The van der Waals surface area contributed by atoms with Crippen molar-refractivity contribution in [3.05, 3.63) is 41.0 Å². The first kappa shape index (κ1) is 12.2. The van der Waals surface area contributed by atoms with Gasteiger partial charge < -0.3 is 0 Å². The van der Waals surface area contributed by atoms with Gasteiger partial charge in [-0.2, -0.15) is 0 Å². The summed E-state index contributed by atoms with van der Waals surface area (Å²) >= 11 is 11.3. The third kappa shape index (κ3) is 2.23. The van der Waals surface area contributed by atoms with Crippen molar-refractivity contribution >= 4 is 51.8 Å². The van der Waals surface area contributed by atoms with Crippen molar-refractivity contribution in [2.45, 2.75) is 0 Å². The maximum absolute atomic E-state index is 11.0. The van der Waals surface area contributed by atoms with Crippen LogP contribution in [0.1, 0.15) is 10.4 Å². The summed E-state index contributed by atoms with van der Waals surface area (Å²) in [5, 5.41) is 0.504. The summed E-state index contributed by atoms with van der Waals surface area (Å²) in [6, 6.07) is 7.31. The summed E-state index contributed by atoms with van der Waals surface area (Å²) in [6.07, 6.45) is 1.39. The molecule has 1 aromatic carbocycles. The van der Waals surface area contributed by atoms with Crippen LogP contribution in [0.3, 0.4) is 0 Å². The lowest BCUT2D eigenvalue weighted by Gasteiger charge is -2.02. The molecule has 0 aliphatic rings. The fourth-order valence-electron chi connectivity index (χ4n) is 1.24. The Morgan fingerprint density at radius 2 is 1.93 bits per heavy atom. The first-order valence-corrected chi connectivity index (χ1v) is 4.69. The topological polar surface area (TPSA) is 30.0 Å². The van der Waals surface area contributed by atoms with Gasteiger partial charge in [0.1, 0.15) is 0 Å². The highest BCUT2D eigenvalue weighted by atomic mass is 35.5. The highest BCUT2D eigenvalue weighted by Crippen LogP contribution is 2.26. The average Bonchev–Trinajstić information content (AvgIpc) is 2.18. The van der Waals surface area contributed by atoms with Crippen LogP contribution in [0.15, 0.2) is 30.5 Å². The summed E-state index contributed by atoms with van der Waals surface area (Å²) < 4.78 is 0. The Labute approximate surface area is 103 Å². The molecule has 0 bridgehead atoms. The lowest BCUT2D eigenvalue weighted by Crippen LogP contribution is -1.93. The number of para-hydroxylation sites is 1. The monoisotopic (exact) mass is 261 g/mol. The Morgan fingerprint density at radius 3 is 2.60 bits per heavy atom. The molecule has 0 N–H and O–H groups in total. The second-order valence-corrected chi connectivity index (χ2v) is 3.50. The minimum atomic E-state index is -0.590. The number of hydrogen-bond acceptors (Lipinski definition) is 2. The molecule has 0 fully saturated rings. The van der Waals surface area contributed by atoms with E-state index in [0.29, 0.717) is 5.02 Å². The summed E-state index contributed by atoms with van der Waals surface area (Å²) in [7, 11) is 0. The summed E-state index contributed by atoms with van der Waals surface area (Å²) in [5.41, 5.74) is 0.992. The lowest BCUT2D eigenvalue weighted by molar-refractivity contribution is 0.108. The van der Waals surface area contributed by atoms with Crippen molar-refractivity contribution in [2.75, 3.05) is 0 Å². The first-order chi connectivity index (χ1) is 6.70. The largest absolute Gasteiger partial charge is 0.275 e. The van der Waals surface area contributed by atoms with Crippen molar-refractivity contribution in [2.24, 2.45) is 0 Å². The summed E-state index contributed by atoms with van der Waals surface area (Å²) in [5.74, 6) is 0. The van der Waals surface area contributed by atoms with E-state index in [4.69, 9.17) is 23.2 Å². The maximum Gasteiger partial charge on any atom is 0.255 e. The fourth-order valence-corrected chi connectivity index (χ4v) is 1.73. The van der Waals surface area contributed by atoms with Crippen LogP contribution in [0.2, 0.25) is 5.02 Å². The van der Waals surface area contributed by atoms with Gasteiger partial charge in [0, 0.05) is 11.6 Å². The van der Waals surface area contributed by atoms with E-state index in [2.05, 4.69) is 4.98 Å². The Kier molecular flexibility index (Phi) is 3.91. The number of benzene rings is 1. The minimum Gasteiger partial charge on any atom is -0.275 e. The smallest absolute Gasteiger partial charge is 0.255 e. The van der Waals surface area contributed by atoms with Gasteiger partial charge in [0.25, 0.3) is 5.24 Å². The predicted octanol–water partition coefficient (Wildman–Crippen LogP) is 3.69. The maximum atomic E-state index is 11.0. The van der Waals surface area contributed by atoms with E-state index in [1.54, 1.807) is 6.07 Å². The number of halogens is 3. The summed E-state index contributed by atoms with van der Waals surface area (Å²) in [4.78, 5) is 15.0. The number of nitrogens with zero attached hydrogens (tertiary/aromatic N) is 1. The molecule has 2 rings (SSSR count). The Balaban J connectivity index is 0.00000112. The molecule has 1 heterocycles. The molecule has 0 saturated carbocycles. The molecule has 2 aromatic rings. The van der Waals surface area contributed by atoms with Gasteiger partial charge in [-0.3, -0.25) is 9.78 Å². The van der Waals surface area contributed by atoms with Gasteiger partial charge in [0.2, 0.25) is 0 Å². The van der Waals surface area contributed by atoms with Crippen molar-refractivity contribution < 1.29 is 4.79 Å². The number of carbonyl (C=O) groups excluding carboxylic acids is 1. The van der Waals surface area contributed by atoms with Crippen LogP contribution in [-0.2, 0) is 0 Å². The molecule has 1 aromatic heterocycles. The zero-order valence-corrected chi connectivity index (χ0v) is 9.73. The van der Waals surface area contributed by atoms with Crippen LogP contribution < -0.4 is 0 Å². The molecule has 0 aliphatic carbocycles. The Hall–Kier alpha value is -0.830. The van der Waals surface area contributed by atoms with E-state index in [0.717, 1.165) is 10.9 Å². The highest BCUT2D eigenvalue weighted by molar-refractivity contribution is 6.69. The van der Waals surface area contributed by atoms with Gasteiger partial charge in [0.05, 0.1) is 16.1 Å². The minimum absolute atomic E-state index is 0. The van der Waals surface area contributed by atoms with E-state index in [-0.39, 0.29) is 18.0 Å². The molecule has 0 spiro atoms. The first-order valence-electron chi connectivity index (χ1n) is 3.93. The number of pyridine rings is 1. The van der Waals surface area contributed by atoms with Crippen molar-refractivity contribution in [3.8, 4) is 0 Å². The zero-order chi connectivity index (χ0) is 10.1. The second kappa shape index (κ2) is 4.79. The van der Waals surface area contributed by atoms with Gasteiger partial charge >= 0.3 is 0 Å². The van der Waals surface area contributed by atoms with E-state index in [1.807, 2.05) is 18.2 Å². The van der Waals surface area contributed by atoms with Crippen molar-refractivity contribution in [3.63, 3.8) is 0 Å². The van der Waals surface area contributed by atoms with Gasteiger partial charge in [-0.05, 0) is 17.7 Å². The van der Waals surface area contributed by atoms with Crippen LogP contribution in [0, 0.1) is 0 Å². The molecule has 5 heteroatoms. The normalized spacial score (nSPS) is 9.73. The van der Waals surface area contributed by atoms with Crippen LogP contribution in [0.5, 0.6) is 0 Å². The van der Waals surface area contributed by atoms with Gasteiger partial charge in [-0.25, -0.2) is 0 Å². The second-order valence-electron chi connectivity index (χ2n) is 2.78. The SMILES string of the molecule is Cl.O=C(Cl)c1cnc2ccccc2c1Cl. The number of fused-ring (bicyclic) bond motifs is 1. The number of rotatable bonds is 1. The number of aromatic nitrogens is 1. The van der Waals surface area contributed by atoms with Gasteiger partial charge in [0.15, 0.2) is 0 Å². The Bertz CT molecular complexity index is 513. The van der Waals surface area contributed by atoms with Crippen molar-refractivity contribution in [1.82, 2.24) is 4.98 Å². The molecule has 78 valence electrons. The molecule has 0 saturated heterocycles. The average molecular weight is 263 g/mol. The van der Waals surface area contributed by atoms with E-state index < -0.39 is 5.24 Å². The third-order valence-corrected chi connectivity index (χ3v) is 2.53. The van der Waals surface area contributed by atoms with Crippen LogP contribution in [0.4, 0.5) is 0 Å². The number of carbonyl (C=O) groups is 1. The van der Waals surface area contributed by atoms with E-state index >= 15 is 0 Å². The van der Waals surface area contributed by atoms with Crippen LogP contribution in [0.25, 0.3) is 10.9 Å². The zero-order valence-electron chi connectivity index (χ0n) is 7.41. The fraction of sp³-hybridized carbons (Fsp3) is 0. The van der Waals surface area contributed by atoms with Gasteiger partial charge in [-0.15, -0.1) is 12.4 Å². The standard InChI is InChI=1S/C10H5Cl2NO.ClH/c11-9-6-3-1-2-4-8(6)13-5-7(9)10(12)14;/h1-5H;1H. The van der Waals surface area contributed by atoms with Crippen LogP contribution in [-0.4, -0.2) is 10.2 Å². The molecule has 0 unspecified atom stereocenters. The number of hydrogen-bond donors (Lipinski definition) is 0. The highest BCUT2D eigenvalue weighted by Gasteiger charge is 2.10. The molecule has 0 aliphatic heterocycles. The summed E-state index contributed by atoms with van der Waals surface area (Å²) in [6.45, 7) is 0. The van der Waals surface area contributed by atoms with E-state index in [9.17, 15) is 4.79 Å². The molecule has 0 atom stereocenters. The molecule has 0 radical (unpaired) electrons. The lowest BCUT2D eigenvalue weighted by atomic mass is 10.2. The molecular formula is C10H6Cl3NO. The molecular weight excluding hydrogens is 256 g/mol. The molecule has 15 heavy (non-hydrogen) atoms.